The molecule has 0 aromatic carbocycles. The van der Waals surface area contributed by atoms with Gasteiger partial charge in [-0.25, -0.2) is 0 Å². The molecule has 0 spiro atoms. The third-order valence-corrected chi connectivity index (χ3v) is 1.50. The van der Waals surface area contributed by atoms with Crippen LogP contribution < -0.4 is 0 Å². The quantitative estimate of drug-likeness (QED) is 0.658. The second-order valence-corrected chi connectivity index (χ2v) is 3.58. The third-order valence-electron chi connectivity index (χ3n) is 1.50. The van der Waals surface area contributed by atoms with E-state index < -0.39 is 0 Å². The van der Waals surface area contributed by atoms with Crippen molar-refractivity contribution in [3.8, 4) is 0 Å². The van der Waals surface area contributed by atoms with Crippen molar-refractivity contribution in [1.29, 1.82) is 0 Å². The molecule has 3 nitrogen and oxygen atoms in total. The van der Waals surface area contributed by atoms with Crippen LogP contribution in [0.15, 0.2) is 0 Å². The molecule has 0 N–H and O–H groups in total. The average Bonchev–Trinajstić information content (AvgIpc) is 2.04. The topological polar surface area (TPSA) is 43.4 Å². The lowest BCUT2D eigenvalue weighted by molar-refractivity contribution is -0.141. The molecule has 0 bridgehead atoms. The van der Waals surface area contributed by atoms with E-state index in [9.17, 15) is 9.59 Å². The van der Waals surface area contributed by atoms with Crippen LogP contribution in [-0.2, 0) is 14.3 Å². The van der Waals surface area contributed by atoms with E-state index in [-0.39, 0.29) is 11.8 Å². The van der Waals surface area contributed by atoms with Crippen LogP contribution in [0.3, 0.4) is 0 Å². The van der Waals surface area contributed by atoms with Crippen LogP contribution in [0.1, 0.15) is 47.5 Å². The van der Waals surface area contributed by atoms with Gasteiger partial charge in [-0.05, 0) is 19.3 Å². The number of ketones is 1. The lowest BCUT2D eigenvalue weighted by atomic mass is 10.1. The van der Waals surface area contributed by atoms with E-state index in [0.29, 0.717) is 18.9 Å². The van der Waals surface area contributed by atoms with Crippen LogP contribution in [0.4, 0.5) is 0 Å². The summed E-state index contributed by atoms with van der Waals surface area (Å²) in [5.41, 5.74) is 0. The highest BCUT2D eigenvalue weighted by Crippen LogP contribution is 1.98. The molecule has 0 unspecified atom stereocenters. The number of rotatable bonds is 4. The van der Waals surface area contributed by atoms with Crippen molar-refractivity contribution in [2.24, 2.45) is 5.92 Å². The van der Waals surface area contributed by atoms with E-state index >= 15 is 0 Å². The summed E-state index contributed by atoms with van der Waals surface area (Å²) in [6, 6.07) is 0. The highest BCUT2D eigenvalue weighted by Gasteiger charge is 1.94. The monoisotopic (exact) mass is 202 g/mol. The fourth-order valence-corrected chi connectivity index (χ4v) is 0.438. The van der Waals surface area contributed by atoms with Crippen molar-refractivity contribution >= 4 is 11.8 Å². The molecule has 0 aromatic rings. The smallest absolute Gasteiger partial charge is 0.302 e. The first-order valence-corrected chi connectivity index (χ1v) is 5.02. The Balaban J connectivity index is 0. The highest BCUT2D eigenvalue weighted by atomic mass is 16.5. The first-order chi connectivity index (χ1) is 6.40. The van der Waals surface area contributed by atoms with E-state index in [1.54, 1.807) is 6.92 Å². The zero-order chi connectivity index (χ0) is 11.6. The van der Waals surface area contributed by atoms with Crippen LogP contribution >= 0.6 is 0 Å². The molecule has 0 saturated heterocycles. The van der Waals surface area contributed by atoms with Crippen LogP contribution in [0.5, 0.6) is 0 Å². The summed E-state index contributed by atoms with van der Waals surface area (Å²) in [5, 5.41) is 0. The molecule has 14 heavy (non-hydrogen) atoms. The normalized spacial score (nSPS) is 9.00. The van der Waals surface area contributed by atoms with Gasteiger partial charge in [-0.1, -0.05) is 20.8 Å². The number of carbonyl (C=O) groups is 2. The maximum Gasteiger partial charge on any atom is 0.302 e. The molecular weight excluding hydrogens is 180 g/mol. The maximum atomic E-state index is 10.2. The molecule has 0 fully saturated rings. The summed E-state index contributed by atoms with van der Waals surface area (Å²) in [6.07, 6.45) is 1.62. The summed E-state index contributed by atoms with van der Waals surface area (Å²) >= 11 is 0. The minimum absolute atomic E-state index is 0.185. The van der Waals surface area contributed by atoms with Crippen LogP contribution in [0.25, 0.3) is 0 Å². The van der Waals surface area contributed by atoms with Gasteiger partial charge in [-0.3, -0.25) is 4.79 Å². The molecule has 0 aromatic heterocycles. The zero-order valence-electron chi connectivity index (χ0n) is 9.92. The lowest BCUT2D eigenvalue weighted by Gasteiger charge is -2.02. The lowest BCUT2D eigenvalue weighted by Crippen LogP contribution is -2.02. The zero-order valence-corrected chi connectivity index (χ0v) is 9.92. The maximum absolute atomic E-state index is 10.2. The molecule has 0 aliphatic heterocycles. The second-order valence-electron chi connectivity index (χ2n) is 3.58. The Bertz CT molecular complexity index is 162. The number of Topliss-reactive ketones (excluding diaryl/α,β-unsaturated/α-hetero) is 1. The summed E-state index contributed by atoms with van der Waals surface area (Å²) in [5.74, 6) is 0.685. The molecule has 0 amide bonds. The Labute approximate surface area is 86.8 Å². The van der Waals surface area contributed by atoms with Crippen molar-refractivity contribution < 1.29 is 14.3 Å². The van der Waals surface area contributed by atoms with Gasteiger partial charge < -0.3 is 9.53 Å². The molecule has 0 saturated carbocycles. The largest absolute Gasteiger partial charge is 0.466 e. The predicted molar refractivity (Wildman–Crippen MR) is 57.1 cm³/mol. The fraction of sp³-hybridized carbons (Fsp3) is 0.818. The second kappa shape index (κ2) is 10.2. The van der Waals surface area contributed by atoms with Crippen LogP contribution in [-0.4, -0.2) is 18.4 Å². The van der Waals surface area contributed by atoms with Gasteiger partial charge in [-0.2, -0.15) is 0 Å². The number of hydrogen-bond acceptors (Lipinski definition) is 3. The molecule has 0 aliphatic carbocycles. The number of hydrogen-bond donors (Lipinski definition) is 0. The van der Waals surface area contributed by atoms with Gasteiger partial charge in [0.1, 0.15) is 5.78 Å². The van der Waals surface area contributed by atoms with Gasteiger partial charge in [-0.15, -0.1) is 0 Å². The Morgan fingerprint density at radius 1 is 1.21 bits per heavy atom. The van der Waals surface area contributed by atoms with Gasteiger partial charge in [0.2, 0.25) is 0 Å². The third kappa shape index (κ3) is 22.5. The van der Waals surface area contributed by atoms with Crippen molar-refractivity contribution in [3.05, 3.63) is 0 Å². The number of carbonyl (C=O) groups excluding carboxylic acids is 2. The van der Waals surface area contributed by atoms with Crippen LogP contribution in [0.2, 0.25) is 0 Å². The molecule has 0 heterocycles. The van der Waals surface area contributed by atoms with Gasteiger partial charge in [0.25, 0.3) is 0 Å². The fourth-order valence-electron chi connectivity index (χ4n) is 0.438. The van der Waals surface area contributed by atoms with Crippen molar-refractivity contribution in [2.45, 2.75) is 47.5 Å². The first kappa shape index (κ1) is 15.6. The van der Waals surface area contributed by atoms with Gasteiger partial charge in [0.15, 0.2) is 0 Å². The van der Waals surface area contributed by atoms with Crippen molar-refractivity contribution in [3.63, 3.8) is 0 Å². The Morgan fingerprint density at radius 2 is 1.64 bits per heavy atom. The van der Waals surface area contributed by atoms with Crippen molar-refractivity contribution in [1.82, 2.24) is 0 Å². The Hall–Kier alpha value is -0.860. The summed E-state index contributed by atoms with van der Waals surface area (Å²) in [7, 11) is 0. The highest BCUT2D eigenvalue weighted by molar-refractivity contribution is 5.74. The van der Waals surface area contributed by atoms with Gasteiger partial charge >= 0.3 is 5.97 Å². The molecule has 84 valence electrons. The standard InChI is InChI=1S/C7H14O2.C4H8O/c1-6(2)4-5-9-7(3)8;1-3-4(2)5/h6H,4-5H2,1-3H3;3H2,1-2H3. The molecule has 3 heteroatoms. The van der Waals surface area contributed by atoms with Gasteiger partial charge in [0, 0.05) is 13.3 Å². The summed E-state index contributed by atoms with van der Waals surface area (Å²) in [4.78, 5) is 20.0. The summed E-state index contributed by atoms with van der Waals surface area (Å²) in [6.45, 7) is 9.63. The molecule has 0 aliphatic rings. The molecule has 0 radical (unpaired) electrons. The minimum atomic E-state index is -0.185. The Kier molecular flexibility index (Phi) is 11.4. The Morgan fingerprint density at radius 3 is 1.86 bits per heavy atom. The van der Waals surface area contributed by atoms with E-state index in [1.165, 1.54) is 6.92 Å². The molecule has 0 atom stereocenters. The number of ether oxygens (including phenoxy) is 1. The first-order valence-electron chi connectivity index (χ1n) is 5.02. The molecule has 0 rings (SSSR count). The predicted octanol–water partition coefficient (Wildman–Crippen LogP) is 2.58. The van der Waals surface area contributed by atoms with Crippen LogP contribution in [0, 0.1) is 5.92 Å². The minimum Gasteiger partial charge on any atom is -0.466 e. The van der Waals surface area contributed by atoms with E-state index in [4.69, 9.17) is 4.74 Å². The average molecular weight is 202 g/mol. The number of esters is 1. The van der Waals surface area contributed by atoms with E-state index in [1.807, 2.05) is 6.92 Å². The van der Waals surface area contributed by atoms with E-state index in [2.05, 4.69) is 13.8 Å². The van der Waals surface area contributed by atoms with E-state index in [0.717, 1.165) is 6.42 Å². The summed E-state index contributed by atoms with van der Waals surface area (Å²) < 4.78 is 4.71. The van der Waals surface area contributed by atoms with Crippen molar-refractivity contribution in [2.75, 3.05) is 6.61 Å². The SMILES string of the molecule is CC(=O)OCCC(C)C.CCC(C)=O. The van der Waals surface area contributed by atoms with Gasteiger partial charge in [0.05, 0.1) is 6.61 Å². The molecular formula is C11H22O3.